The molecule has 6 heteroatoms. The maximum absolute atomic E-state index is 5.61. The smallest absolute Gasteiger partial charge is 0.160 e. The summed E-state index contributed by atoms with van der Waals surface area (Å²) in [6.45, 7) is 4.32. The zero-order valence-corrected chi connectivity index (χ0v) is 26.7. The van der Waals surface area contributed by atoms with Gasteiger partial charge in [-0.1, -0.05) is 97.1 Å². The molecule has 3 heterocycles. The first kappa shape index (κ1) is 28.1. The summed E-state index contributed by atoms with van der Waals surface area (Å²) in [7, 11) is 0.739. The van der Waals surface area contributed by atoms with Gasteiger partial charge < -0.3 is 9.14 Å². The zero-order chi connectivity index (χ0) is 31.2. The first-order valence-corrected chi connectivity index (χ1v) is 16.7. The molecule has 3 aromatic heterocycles. The lowest BCUT2D eigenvalue weighted by molar-refractivity contribution is 0.415. The van der Waals surface area contributed by atoms with Crippen LogP contribution in [0, 0.1) is 13.8 Å². The Balaban J connectivity index is 1.42. The van der Waals surface area contributed by atoms with E-state index in [0.29, 0.717) is 0 Å². The zero-order valence-electron chi connectivity index (χ0n) is 25.8. The molecule has 5 aromatic carbocycles. The van der Waals surface area contributed by atoms with Crippen LogP contribution in [0.25, 0.3) is 49.8 Å². The lowest BCUT2D eigenvalue weighted by atomic mass is 9.93. The normalized spacial score (nSPS) is 11.6. The standard InChI is InChI=1S/C40H31N4OP/c1-26-24-27(2)44-36-25-29(45-3)19-21-35(36)42-38(39(26)44)37-32-17-11-10-12-28(32)18-20-33(37)34-22-23-41-40(43-34)46(30-13-6-4-7-14-30)31-15-8-5-9-16-31/h4-25H,1-3H3. The molecule has 0 aliphatic heterocycles. The van der Waals surface area contributed by atoms with E-state index in [1.807, 2.05) is 24.4 Å². The average Bonchev–Trinajstić information content (AvgIpc) is 3.42. The molecule has 8 rings (SSSR count). The largest absolute Gasteiger partial charge is 0.497 e. The van der Waals surface area contributed by atoms with E-state index in [2.05, 4.69) is 127 Å². The molecule has 0 unspecified atom stereocenters. The molecule has 0 saturated carbocycles. The molecule has 0 amide bonds. The minimum absolute atomic E-state index is 0.807. The van der Waals surface area contributed by atoms with Crippen LogP contribution in [0.3, 0.4) is 0 Å². The number of methoxy groups -OCH3 is 1. The van der Waals surface area contributed by atoms with Gasteiger partial charge in [0, 0.05) is 37.0 Å². The fourth-order valence-electron chi connectivity index (χ4n) is 6.53. The number of benzene rings is 5. The predicted octanol–water partition coefficient (Wildman–Crippen LogP) is 8.15. The second-order valence-corrected chi connectivity index (χ2v) is 13.5. The van der Waals surface area contributed by atoms with Crippen molar-refractivity contribution in [1.82, 2.24) is 19.4 Å². The maximum atomic E-state index is 5.61. The summed E-state index contributed by atoms with van der Waals surface area (Å²) in [5.41, 5.74) is 10.1. The summed E-state index contributed by atoms with van der Waals surface area (Å²) >= 11 is 0. The van der Waals surface area contributed by atoms with Gasteiger partial charge in [0.2, 0.25) is 0 Å². The van der Waals surface area contributed by atoms with Gasteiger partial charge in [-0.2, -0.15) is 0 Å². The molecule has 0 fully saturated rings. The summed E-state index contributed by atoms with van der Waals surface area (Å²) in [6, 6.07) is 44.5. The van der Waals surface area contributed by atoms with E-state index in [1.165, 1.54) is 16.2 Å². The van der Waals surface area contributed by atoms with E-state index in [1.54, 1.807) is 7.11 Å². The quantitative estimate of drug-likeness (QED) is 0.178. The molecule has 0 aliphatic rings. The number of ether oxygens (including phenoxy) is 1. The molecule has 0 spiro atoms. The average molecular weight is 615 g/mol. The minimum atomic E-state index is -0.963. The highest BCUT2D eigenvalue weighted by molar-refractivity contribution is 7.79. The third-order valence-electron chi connectivity index (χ3n) is 8.57. The van der Waals surface area contributed by atoms with Crippen LogP contribution in [-0.2, 0) is 0 Å². The van der Waals surface area contributed by atoms with Crippen molar-refractivity contribution in [3.63, 3.8) is 0 Å². The molecule has 8 aromatic rings. The number of hydrogen-bond acceptors (Lipinski definition) is 4. The molecule has 0 aliphatic carbocycles. The lowest BCUT2D eigenvalue weighted by Gasteiger charge is -2.19. The summed E-state index contributed by atoms with van der Waals surface area (Å²) in [6.07, 6.45) is 1.90. The molecule has 0 N–H and O–H groups in total. The van der Waals surface area contributed by atoms with E-state index >= 15 is 0 Å². The Kier molecular flexibility index (Phi) is 7.04. The Morgan fingerprint density at radius 3 is 2.15 bits per heavy atom. The molecular weight excluding hydrogens is 583 g/mol. The fraction of sp³-hybridized carbons (Fsp3) is 0.0750. The monoisotopic (exact) mass is 614 g/mol. The molecule has 0 saturated heterocycles. The van der Waals surface area contributed by atoms with Gasteiger partial charge in [0.25, 0.3) is 0 Å². The van der Waals surface area contributed by atoms with Crippen LogP contribution >= 0.6 is 7.92 Å². The highest BCUT2D eigenvalue weighted by Gasteiger charge is 2.24. The number of fused-ring (bicyclic) bond motifs is 4. The van der Waals surface area contributed by atoms with Gasteiger partial charge in [-0.15, -0.1) is 0 Å². The Morgan fingerprint density at radius 2 is 1.41 bits per heavy atom. The van der Waals surface area contributed by atoms with Gasteiger partial charge >= 0.3 is 0 Å². The summed E-state index contributed by atoms with van der Waals surface area (Å²) < 4.78 is 7.92. The van der Waals surface area contributed by atoms with Crippen molar-refractivity contribution in [3.8, 4) is 28.3 Å². The summed E-state index contributed by atoms with van der Waals surface area (Å²) in [4.78, 5) is 15.6. The number of aryl methyl sites for hydroxylation is 2. The molecular formula is C40H31N4OP. The Hall–Kier alpha value is -5.38. The van der Waals surface area contributed by atoms with Crippen molar-refractivity contribution in [2.24, 2.45) is 0 Å². The number of aromatic nitrogens is 4. The topological polar surface area (TPSA) is 52.3 Å². The second kappa shape index (κ2) is 11.5. The number of rotatable bonds is 6. The van der Waals surface area contributed by atoms with Crippen LogP contribution in [0.1, 0.15) is 11.3 Å². The minimum Gasteiger partial charge on any atom is -0.497 e. The van der Waals surface area contributed by atoms with Crippen molar-refractivity contribution in [2.75, 3.05) is 7.11 Å². The Morgan fingerprint density at radius 1 is 0.696 bits per heavy atom. The SMILES string of the molecule is COc1ccc2nc(-c3c(-c4ccnc(P(c5ccccc5)c5ccccc5)n4)ccc4ccccc34)c3c(C)cc(C)n3c2c1. The predicted molar refractivity (Wildman–Crippen MR) is 191 cm³/mol. The number of hydrogen-bond donors (Lipinski definition) is 0. The molecule has 0 atom stereocenters. The van der Waals surface area contributed by atoms with Crippen molar-refractivity contribution in [3.05, 3.63) is 145 Å². The lowest BCUT2D eigenvalue weighted by Crippen LogP contribution is -2.25. The molecule has 46 heavy (non-hydrogen) atoms. The highest BCUT2D eigenvalue weighted by Crippen LogP contribution is 2.41. The van der Waals surface area contributed by atoms with Crippen LogP contribution < -0.4 is 20.9 Å². The van der Waals surface area contributed by atoms with Gasteiger partial charge in [0.1, 0.15) is 5.75 Å². The first-order chi connectivity index (χ1) is 22.6. The molecule has 0 bridgehead atoms. The van der Waals surface area contributed by atoms with Crippen LogP contribution in [-0.4, -0.2) is 26.5 Å². The van der Waals surface area contributed by atoms with Gasteiger partial charge in [-0.05, 0) is 65.1 Å². The Labute approximate surface area is 269 Å². The van der Waals surface area contributed by atoms with Gasteiger partial charge in [0.05, 0.1) is 35.0 Å². The van der Waals surface area contributed by atoms with Crippen LogP contribution in [0.2, 0.25) is 0 Å². The molecule has 0 radical (unpaired) electrons. The third kappa shape index (κ3) is 4.72. The van der Waals surface area contributed by atoms with Crippen molar-refractivity contribution < 1.29 is 4.74 Å². The van der Waals surface area contributed by atoms with Crippen molar-refractivity contribution >= 4 is 51.4 Å². The molecule has 222 valence electrons. The Bertz CT molecular complexity index is 2350. The summed E-state index contributed by atoms with van der Waals surface area (Å²) in [5.74, 6) is 0.807. The van der Waals surface area contributed by atoms with Gasteiger partial charge in [-0.3, -0.25) is 0 Å². The maximum Gasteiger partial charge on any atom is 0.160 e. The van der Waals surface area contributed by atoms with E-state index in [0.717, 1.165) is 66.8 Å². The van der Waals surface area contributed by atoms with Crippen LogP contribution in [0.5, 0.6) is 5.75 Å². The van der Waals surface area contributed by atoms with E-state index in [4.69, 9.17) is 19.7 Å². The summed E-state index contributed by atoms with van der Waals surface area (Å²) in [5, 5.41) is 4.72. The first-order valence-electron chi connectivity index (χ1n) is 15.3. The van der Waals surface area contributed by atoms with Crippen molar-refractivity contribution in [1.29, 1.82) is 0 Å². The van der Waals surface area contributed by atoms with Crippen LogP contribution in [0.4, 0.5) is 0 Å². The van der Waals surface area contributed by atoms with E-state index in [-0.39, 0.29) is 0 Å². The second-order valence-electron chi connectivity index (χ2n) is 11.4. The third-order valence-corrected chi connectivity index (χ3v) is 10.8. The molecule has 5 nitrogen and oxygen atoms in total. The van der Waals surface area contributed by atoms with E-state index in [9.17, 15) is 0 Å². The van der Waals surface area contributed by atoms with Crippen molar-refractivity contribution in [2.45, 2.75) is 13.8 Å². The van der Waals surface area contributed by atoms with Gasteiger partial charge in [-0.25, -0.2) is 15.0 Å². The number of nitrogens with zero attached hydrogens (tertiary/aromatic N) is 4. The fourth-order valence-corrected chi connectivity index (χ4v) is 8.62. The highest BCUT2D eigenvalue weighted by atomic mass is 31.1. The van der Waals surface area contributed by atoms with Crippen LogP contribution in [0.15, 0.2) is 134 Å². The van der Waals surface area contributed by atoms with Gasteiger partial charge in [0.15, 0.2) is 5.57 Å². The van der Waals surface area contributed by atoms with E-state index < -0.39 is 7.92 Å².